The number of hydrogen-bond donors (Lipinski definition) is 0. The van der Waals surface area contributed by atoms with Crippen LogP contribution in [0.2, 0.25) is 0 Å². The van der Waals surface area contributed by atoms with E-state index in [2.05, 4.69) is 0 Å². The minimum atomic E-state index is -4.80. The SMILES string of the molecule is F[B-](F)(F)CN1CCCOc2ccccc21.[K+]. The summed E-state index contributed by atoms with van der Waals surface area (Å²) in [6.45, 7) is -3.95. The number of anilines is 1. The van der Waals surface area contributed by atoms with Crippen LogP contribution in [0.25, 0.3) is 0 Å². The first-order chi connectivity index (χ1) is 7.56. The summed E-state index contributed by atoms with van der Waals surface area (Å²) in [5, 5.41) is 0. The Hall–Kier alpha value is 0.311. The molecular formula is C10H12BF3KNO. The molecule has 1 aliphatic heterocycles. The molecule has 17 heavy (non-hydrogen) atoms. The molecule has 0 aromatic heterocycles. The molecule has 0 radical (unpaired) electrons. The van der Waals surface area contributed by atoms with Crippen LogP contribution >= 0.6 is 0 Å². The first kappa shape index (κ1) is 15.4. The number of ether oxygens (including phenoxy) is 1. The summed E-state index contributed by atoms with van der Waals surface area (Å²) in [4.78, 5) is 1.35. The molecule has 1 aromatic rings. The van der Waals surface area contributed by atoms with Crippen molar-refractivity contribution >= 4 is 12.7 Å². The van der Waals surface area contributed by atoms with Gasteiger partial charge in [0.2, 0.25) is 0 Å². The molecule has 0 N–H and O–H groups in total. The van der Waals surface area contributed by atoms with E-state index in [1.807, 2.05) is 0 Å². The second-order valence-corrected chi connectivity index (χ2v) is 3.83. The molecule has 1 aliphatic rings. The Morgan fingerprint density at radius 3 is 2.65 bits per heavy atom. The summed E-state index contributed by atoms with van der Waals surface area (Å²) in [7, 11) is 0. The van der Waals surface area contributed by atoms with Crippen LogP contribution in [0.5, 0.6) is 5.75 Å². The fraction of sp³-hybridized carbons (Fsp3) is 0.400. The van der Waals surface area contributed by atoms with Gasteiger partial charge in [-0.2, -0.15) is 0 Å². The minimum absolute atomic E-state index is 0. The summed E-state index contributed by atoms with van der Waals surface area (Å²) in [5.41, 5.74) is 0.541. The maximum atomic E-state index is 12.4. The summed E-state index contributed by atoms with van der Waals surface area (Å²) in [6, 6.07) is 6.87. The molecule has 0 saturated heterocycles. The van der Waals surface area contributed by atoms with Gasteiger partial charge in [-0.05, 0) is 25.0 Å². The van der Waals surface area contributed by atoms with E-state index in [0.29, 0.717) is 31.0 Å². The Labute approximate surface area is 141 Å². The molecule has 2 nitrogen and oxygen atoms in total. The molecule has 0 spiro atoms. The van der Waals surface area contributed by atoms with Crippen LogP contribution in [-0.4, -0.2) is 26.6 Å². The quantitative estimate of drug-likeness (QED) is 0.681. The fourth-order valence-corrected chi connectivity index (χ4v) is 1.84. The maximum Gasteiger partial charge on any atom is 1.00 e. The van der Waals surface area contributed by atoms with Crippen molar-refractivity contribution in [2.75, 3.05) is 24.5 Å². The Balaban J connectivity index is 0.00000144. The standard InChI is InChI=1S/C10H12BF3NO.K/c12-11(13,14)8-15-6-3-7-16-10-5-2-1-4-9(10)15;/h1-2,4-5H,3,6-8H2;/q-1;+1. The monoisotopic (exact) mass is 269 g/mol. The Morgan fingerprint density at radius 2 is 1.94 bits per heavy atom. The summed E-state index contributed by atoms with van der Waals surface area (Å²) in [5.74, 6) is 0.542. The smallest absolute Gasteiger partial charge is 0.491 e. The second kappa shape index (κ2) is 6.47. The van der Waals surface area contributed by atoms with Crippen LogP contribution in [0, 0.1) is 0 Å². The van der Waals surface area contributed by atoms with Crippen molar-refractivity contribution in [2.24, 2.45) is 0 Å². The van der Waals surface area contributed by atoms with Crippen LogP contribution in [0.4, 0.5) is 18.6 Å². The van der Waals surface area contributed by atoms with Gasteiger partial charge in [-0.1, -0.05) is 12.1 Å². The van der Waals surface area contributed by atoms with E-state index in [1.54, 1.807) is 24.3 Å². The van der Waals surface area contributed by atoms with Crippen LogP contribution in [0.15, 0.2) is 24.3 Å². The molecule has 0 fully saturated rings. The minimum Gasteiger partial charge on any atom is -0.491 e. The molecule has 1 aromatic carbocycles. The van der Waals surface area contributed by atoms with Gasteiger partial charge >= 0.3 is 58.4 Å². The zero-order valence-electron chi connectivity index (χ0n) is 9.70. The fourth-order valence-electron chi connectivity index (χ4n) is 1.84. The number of halogens is 3. The predicted octanol–water partition coefficient (Wildman–Crippen LogP) is -0.334. The Bertz CT molecular complexity index is 375. The number of fused-ring (bicyclic) bond motifs is 1. The van der Waals surface area contributed by atoms with Crippen LogP contribution in [0.3, 0.4) is 0 Å². The van der Waals surface area contributed by atoms with Crippen molar-refractivity contribution in [1.29, 1.82) is 0 Å². The molecule has 1 heterocycles. The number of benzene rings is 1. The van der Waals surface area contributed by atoms with Gasteiger partial charge in [0.15, 0.2) is 0 Å². The van der Waals surface area contributed by atoms with Gasteiger partial charge in [0.05, 0.1) is 12.3 Å². The number of hydrogen-bond acceptors (Lipinski definition) is 2. The average molecular weight is 269 g/mol. The van der Waals surface area contributed by atoms with Crippen LogP contribution in [-0.2, 0) is 0 Å². The molecule has 0 bridgehead atoms. The van der Waals surface area contributed by atoms with Gasteiger partial charge in [-0.15, -0.1) is 0 Å². The average Bonchev–Trinajstić information content (AvgIpc) is 2.39. The summed E-state index contributed by atoms with van der Waals surface area (Å²) >= 11 is 0. The number of rotatable bonds is 2. The second-order valence-electron chi connectivity index (χ2n) is 3.83. The third kappa shape index (κ3) is 4.48. The van der Waals surface area contributed by atoms with Gasteiger partial charge < -0.3 is 22.6 Å². The predicted molar refractivity (Wildman–Crippen MR) is 57.8 cm³/mol. The molecule has 0 saturated carbocycles. The summed E-state index contributed by atoms with van der Waals surface area (Å²) in [6.07, 6.45) is -0.249. The molecule has 2 rings (SSSR count). The zero-order chi connectivity index (χ0) is 11.6. The Kier molecular flexibility index (Phi) is 5.85. The van der Waals surface area contributed by atoms with Crippen molar-refractivity contribution in [2.45, 2.75) is 6.42 Å². The molecule has 88 valence electrons. The van der Waals surface area contributed by atoms with E-state index >= 15 is 0 Å². The van der Waals surface area contributed by atoms with Gasteiger partial charge in [0.25, 0.3) is 0 Å². The third-order valence-corrected chi connectivity index (χ3v) is 2.46. The van der Waals surface area contributed by atoms with Crippen molar-refractivity contribution in [3.63, 3.8) is 0 Å². The van der Waals surface area contributed by atoms with Gasteiger partial charge in [-0.25, -0.2) is 0 Å². The largest absolute Gasteiger partial charge is 1.00 e. The van der Waals surface area contributed by atoms with Gasteiger partial charge in [0.1, 0.15) is 5.75 Å². The van der Waals surface area contributed by atoms with E-state index < -0.39 is 13.4 Å². The molecule has 0 unspecified atom stereocenters. The van der Waals surface area contributed by atoms with Crippen molar-refractivity contribution in [1.82, 2.24) is 0 Å². The van der Waals surface area contributed by atoms with Crippen LogP contribution in [0.1, 0.15) is 6.42 Å². The number of para-hydroxylation sites is 2. The first-order valence-electron chi connectivity index (χ1n) is 5.24. The Morgan fingerprint density at radius 1 is 1.24 bits per heavy atom. The first-order valence-corrected chi connectivity index (χ1v) is 5.24. The van der Waals surface area contributed by atoms with E-state index in [9.17, 15) is 12.9 Å². The van der Waals surface area contributed by atoms with E-state index in [-0.39, 0.29) is 51.4 Å². The van der Waals surface area contributed by atoms with Crippen molar-refractivity contribution in [3.8, 4) is 5.75 Å². The number of nitrogens with zero attached hydrogens (tertiary/aromatic N) is 1. The van der Waals surface area contributed by atoms with Crippen molar-refractivity contribution < 1.29 is 69.1 Å². The molecule has 0 amide bonds. The summed E-state index contributed by atoms with van der Waals surface area (Å²) < 4.78 is 42.7. The van der Waals surface area contributed by atoms with Crippen LogP contribution < -0.4 is 61.0 Å². The van der Waals surface area contributed by atoms with Gasteiger partial charge in [0, 0.05) is 6.54 Å². The van der Waals surface area contributed by atoms with E-state index in [1.165, 1.54) is 4.90 Å². The molecule has 7 heteroatoms. The van der Waals surface area contributed by atoms with E-state index in [4.69, 9.17) is 4.74 Å². The topological polar surface area (TPSA) is 12.5 Å². The third-order valence-electron chi connectivity index (χ3n) is 2.46. The molecule has 0 atom stereocenters. The zero-order valence-corrected chi connectivity index (χ0v) is 12.8. The molecular weight excluding hydrogens is 257 g/mol. The normalized spacial score (nSPS) is 15.4. The van der Waals surface area contributed by atoms with E-state index in [0.717, 1.165) is 0 Å². The van der Waals surface area contributed by atoms with Crippen molar-refractivity contribution in [3.05, 3.63) is 24.3 Å². The molecule has 0 aliphatic carbocycles. The maximum absolute atomic E-state index is 12.4. The van der Waals surface area contributed by atoms with Gasteiger partial charge in [-0.3, -0.25) is 0 Å².